The molecule has 0 aliphatic heterocycles. The van der Waals surface area contributed by atoms with Gasteiger partial charge in [-0.3, -0.25) is 9.48 Å². The summed E-state index contributed by atoms with van der Waals surface area (Å²) in [5.41, 5.74) is 5.42. The second-order valence-electron chi connectivity index (χ2n) is 8.78. The minimum atomic E-state index is -4.40. The zero-order valence-electron chi connectivity index (χ0n) is 18.6. The van der Waals surface area contributed by atoms with Gasteiger partial charge in [0, 0.05) is 31.0 Å². The maximum atomic E-state index is 12.8. The van der Waals surface area contributed by atoms with Gasteiger partial charge in [0.2, 0.25) is 0 Å². The number of nitrogens with zero attached hydrogens (tertiary/aromatic N) is 4. The predicted octanol–water partition coefficient (Wildman–Crippen LogP) is 4.71. The molecule has 0 atom stereocenters. The van der Waals surface area contributed by atoms with Gasteiger partial charge in [-0.15, -0.1) is 0 Å². The zero-order valence-corrected chi connectivity index (χ0v) is 18.6. The Hall–Kier alpha value is -3.06. The fourth-order valence-electron chi connectivity index (χ4n) is 4.35. The number of hydrogen-bond acceptors (Lipinski definition) is 5. The van der Waals surface area contributed by atoms with E-state index >= 15 is 0 Å². The fraction of sp³-hybridized carbons (Fsp3) is 0.522. The lowest BCUT2D eigenvalue weighted by Crippen LogP contribution is -2.36. The van der Waals surface area contributed by atoms with Crippen LogP contribution in [0.25, 0.3) is 0 Å². The van der Waals surface area contributed by atoms with E-state index in [0.29, 0.717) is 11.7 Å². The van der Waals surface area contributed by atoms with E-state index in [-0.39, 0.29) is 17.4 Å². The number of carbonyl (C=O) groups excluding carboxylic acids is 1. The number of nitrogens with one attached hydrogen (secondary N) is 1. The number of nitrogens with two attached hydrogens (primary N) is 1. The van der Waals surface area contributed by atoms with Crippen molar-refractivity contribution in [3.8, 4) is 6.57 Å². The molecule has 0 spiro atoms. The number of nitriles is 1. The molecule has 10 heteroatoms. The Morgan fingerprint density at radius 2 is 1.79 bits per heavy atom. The standard InChI is InChI=1S/C22H28F3N5O.CHN/c1-29(12-14-2-3-14)17-8-10-18(11-9-17)30-13-19(20(26)31)21(28-30)27-16-6-4-15(5-7-16)22(23,24)25;1-2/h4-7,13-14,17-18H,2-3,8-12H2,1H3,(H2,26,31)(H,27,28);1H. The van der Waals surface area contributed by atoms with Gasteiger partial charge in [0.1, 0.15) is 5.56 Å². The smallest absolute Gasteiger partial charge is 0.365 e. The Morgan fingerprint density at radius 1 is 1.18 bits per heavy atom. The van der Waals surface area contributed by atoms with E-state index in [4.69, 9.17) is 11.0 Å². The highest BCUT2D eigenvalue weighted by molar-refractivity contribution is 5.98. The van der Waals surface area contributed by atoms with Gasteiger partial charge in [-0.25, -0.2) is 5.26 Å². The lowest BCUT2D eigenvalue weighted by atomic mass is 9.90. The monoisotopic (exact) mass is 462 g/mol. The Kier molecular flexibility index (Phi) is 7.64. The first-order valence-corrected chi connectivity index (χ1v) is 11.0. The molecule has 1 aromatic carbocycles. The van der Waals surface area contributed by atoms with Crippen molar-refractivity contribution < 1.29 is 18.0 Å². The van der Waals surface area contributed by atoms with Crippen LogP contribution in [0.3, 0.4) is 0 Å². The topological polar surface area (TPSA) is 100.0 Å². The molecule has 3 N–H and O–H groups in total. The van der Waals surface area contributed by atoms with Crippen LogP contribution >= 0.6 is 0 Å². The Labute approximate surface area is 191 Å². The first kappa shape index (κ1) is 24.6. The van der Waals surface area contributed by atoms with Crippen LogP contribution in [0.2, 0.25) is 0 Å². The van der Waals surface area contributed by atoms with E-state index in [1.165, 1.54) is 31.5 Å². The van der Waals surface area contributed by atoms with Crippen molar-refractivity contribution >= 4 is 17.4 Å². The average Bonchev–Trinajstić information content (AvgIpc) is 3.51. The summed E-state index contributed by atoms with van der Waals surface area (Å²) in [6.07, 6.45) is 3.99. The SMILES string of the molecule is C#N.CN(CC1CC1)C1CCC(n2cc(C(N)=O)c(Nc3ccc(C(F)(F)F)cc3)n2)CC1. The van der Waals surface area contributed by atoms with Crippen molar-refractivity contribution in [2.75, 3.05) is 18.9 Å². The van der Waals surface area contributed by atoms with E-state index in [9.17, 15) is 18.0 Å². The first-order valence-electron chi connectivity index (χ1n) is 11.0. The molecule has 1 heterocycles. The lowest BCUT2D eigenvalue weighted by molar-refractivity contribution is -0.137. The summed E-state index contributed by atoms with van der Waals surface area (Å²) < 4.78 is 40.1. The molecule has 2 aromatic rings. The van der Waals surface area contributed by atoms with E-state index in [1.807, 2.05) is 0 Å². The maximum Gasteiger partial charge on any atom is 0.416 e. The molecule has 4 rings (SSSR count). The number of hydrogen-bond donors (Lipinski definition) is 2. The highest BCUT2D eigenvalue weighted by atomic mass is 19.4. The van der Waals surface area contributed by atoms with Gasteiger partial charge in [-0.1, -0.05) is 0 Å². The third-order valence-electron chi connectivity index (χ3n) is 6.38. The van der Waals surface area contributed by atoms with Crippen molar-refractivity contribution in [1.29, 1.82) is 5.26 Å². The van der Waals surface area contributed by atoms with Crippen molar-refractivity contribution in [2.24, 2.45) is 11.7 Å². The van der Waals surface area contributed by atoms with Crippen LogP contribution in [0, 0.1) is 17.8 Å². The lowest BCUT2D eigenvalue weighted by Gasteiger charge is -2.34. The minimum absolute atomic E-state index is 0.173. The molecular formula is C23H29F3N6O. The van der Waals surface area contributed by atoms with Gasteiger partial charge < -0.3 is 16.0 Å². The van der Waals surface area contributed by atoms with Crippen LogP contribution in [0.15, 0.2) is 30.5 Å². The molecule has 178 valence electrons. The second-order valence-corrected chi connectivity index (χ2v) is 8.78. The van der Waals surface area contributed by atoms with Crippen LogP contribution in [-0.4, -0.2) is 40.2 Å². The molecule has 7 nitrogen and oxygen atoms in total. The molecule has 2 aliphatic rings. The summed E-state index contributed by atoms with van der Waals surface area (Å²) in [6, 6.07) is 5.35. The number of alkyl halides is 3. The molecule has 2 saturated carbocycles. The van der Waals surface area contributed by atoms with Gasteiger partial charge >= 0.3 is 6.18 Å². The Balaban J connectivity index is 0.00000149. The van der Waals surface area contributed by atoms with E-state index in [2.05, 4.69) is 28.9 Å². The molecule has 0 saturated heterocycles. The van der Waals surface area contributed by atoms with Gasteiger partial charge in [0.05, 0.1) is 11.6 Å². The van der Waals surface area contributed by atoms with Crippen LogP contribution < -0.4 is 11.1 Å². The molecule has 0 radical (unpaired) electrons. The highest BCUT2D eigenvalue weighted by Gasteiger charge is 2.31. The molecule has 33 heavy (non-hydrogen) atoms. The van der Waals surface area contributed by atoms with Crippen molar-refractivity contribution in [2.45, 2.75) is 56.8 Å². The number of benzene rings is 1. The van der Waals surface area contributed by atoms with Crippen LogP contribution in [0.5, 0.6) is 0 Å². The Bertz CT molecular complexity index is 957. The summed E-state index contributed by atoms with van der Waals surface area (Å²) in [6.45, 7) is 4.67. The number of aromatic nitrogens is 2. The van der Waals surface area contributed by atoms with Gasteiger partial charge in [-0.2, -0.15) is 18.3 Å². The first-order chi connectivity index (χ1) is 15.7. The predicted molar refractivity (Wildman–Crippen MR) is 119 cm³/mol. The largest absolute Gasteiger partial charge is 0.416 e. The molecule has 1 aromatic heterocycles. The maximum absolute atomic E-state index is 12.8. The third-order valence-corrected chi connectivity index (χ3v) is 6.38. The normalized spacial score (nSPS) is 20.7. The zero-order chi connectivity index (χ0) is 24.2. The number of primary amides is 1. The van der Waals surface area contributed by atoms with Crippen molar-refractivity contribution in [1.82, 2.24) is 14.7 Å². The number of amides is 1. The summed E-state index contributed by atoms with van der Waals surface area (Å²) in [5.74, 6) is 0.504. The summed E-state index contributed by atoms with van der Waals surface area (Å²) in [7, 11) is 2.20. The van der Waals surface area contributed by atoms with Crippen molar-refractivity contribution in [3.05, 3.63) is 41.6 Å². The fourth-order valence-corrected chi connectivity index (χ4v) is 4.35. The van der Waals surface area contributed by atoms with Gasteiger partial charge in [-0.05, 0) is 75.8 Å². The minimum Gasteiger partial charge on any atom is -0.365 e. The van der Waals surface area contributed by atoms with Gasteiger partial charge in [0.25, 0.3) is 5.91 Å². The summed E-state index contributed by atoms with van der Waals surface area (Å²) >= 11 is 0. The molecule has 2 fully saturated rings. The molecular weight excluding hydrogens is 433 g/mol. The molecule has 2 aliphatic carbocycles. The number of anilines is 2. The highest BCUT2D eigenvalue weighted by Crippen LogP contribution is 2.35. The van der Waals surface area contributed by atoms with E-state index < -0.39 is 17.6 Å². The van der Waals surface area contributed by atoms with Crippen LogP contribution in [0.1, 0.15) is 60.5 Å². The number of rotatable bonds is 7. The summed E-state index contributed by atoms with van der Waals surface area (Å²) in [5, 5.41) is 14.0. The third kappa shape index (κ3) is 6.26. The molecule has 0 bridgehead atoms. The van der Waals surface area contributed by atoms with Gasteiger partial charge in [0.15, 0.2) is 5.82 Å². The van der Waals surface area contributed by atoms with Crippen LogP contribution in [0.4, 0.5) is 24.7 Å². The quantitative estimate of drug-likeness (QED) is 0.621. The van der Waals surface area contributed by atoms with Crippen molar-refractivity contribution in [3.63, 3.8) is 0 Å². The van der Waals surface area contributed by atoms with E-state index in [1.54, 1.807) is 10.9 Å². The molecule has 1 amide bonds. The molecule has 0 unspecified atom stereocenters. The van der Waals surface area contributed by atoms with Crippen LogP contribution in [-0.2, 0) is 6.18 Å². The average molecular weight is 463 g/mol. The number of carbonyl (C=O) groups is 1. The number of halogens is 3. The summed E-state index contributed by atoms with van der Waals surface area (Å²) in [4.78, 5) is 14.4. The Morgan fingerprint density at radius 3 is 2.30 bits per heavy atom. The second kappa shape index (κ2) is 10.3. The van der Waals surface area contributed by atoms with E-state index in [0.717, 1.165) is 43.7 Å².